The van der Waals surface area contributed by atoms with Crippen molar-refractivity contribution in [3.63, 3.8) is 0 Å². The van der Waals surface area contributed by atoms with Crippen LogP contribution in [0.5, 0.6) is 5.75 Å². The zero-order valence-electron chi connectivity index (χ0n) is 22.3. The lowest BCUT2D eigenvalue weighted by Crippen LogP contribution is -2.65. The van der Waals surface area contributed by atoms with Gasteiger partial charge in [-0.15, -0.1) is 0 Å². The number of carbonyl (C=O) groups excluding carboxylic acids is 1. The summed E-state index contributed by atoms with van der Waals surface area (Å²) in [6, 6.07) is 8.82. The topological polar surface area (TPSA) is 117 Å². The maximum Gasteiger partial charge on any atom is 0.241 e. The number of halogens is 2. The number of hydrogen-bond donors (Lipinski definition) is 2. The second-order valence-corrected chi connectivity index (χ2v) is 12.4. The minimum absolute atomic E-state index is 0.0419. The predicted octanol–water partition coefficient (Wildman–Crippen LogP) is 3.43. The van der Waals surface area contributed by atoms with Crippen LogP contribution in [-0.2, 0) is 25.8 Å². The highest BCUT2D eigenvalue weighted by atomic mass is 127. The van der Waals surface area contributed by atoms with E-state index in [1.807, 2.05) is 11.0 Å². The fraction of sp³-hybridized carbons (Fsp3) is 0.423. The number of nitrogens with zero attached hydrogens (tertiary/aromatic N) is 4. The number of ether oxygens (including phenoxy) is 1. The third-order valence-corrected chi connectivity index (χ3v) is 9.28. The molecule has 2 heterocycles. The highest BCUT2D eigenvalue weighted by Crippen LogP contribution is 2.35. The average Bonchev–Trinajstić information content (AvgIpc) is 2.93. The molecule has 1 aliphatic heterocycles. The van der Waals surface area contributed by atoms with Gasteiger partial charge in [0.1, 0.15) is 23.4 Å². The van der Waals surface area contributed by atoms with Gasteiger partial charge in [-0.1, -0.05) is 34.7 Å². The van der Waals surface area contributed by atoms with Gasteiger partial charge in [0.25, 0.3) is 0 Å². The van der Waals surface area contributed by atoms with Gasteiger partial charge in [-0.05, 0) is 37.6 Å². The minimum Gasteiger partial charge on any atom is -0.496 e. The van der Waals surface area contributed by atoms with E-state index in [0.29, 0.717) is 57.5 Å². The number of anilines is 2. The second kappa shape index (κ2) is 11.9. The summed E-state index contributed by atoms with van der Waals surface area (Å²) in [5.74, 6) is 0.389. The molecule has 210 valence electrons. The number of alkyl halides is 1. The van der Waals surface area contributed by atoms with E-state index in [4.69, 9.17) is 4.74 Å². The van der Waals surface area contributed by atoms with E-state index in [0.717, 1.165) is 11.8 Å². The van der Waals surface area contributed by atoms with Gasteiger partial charge >= 0.3 is 0 Å². The van der Waals surface area contributed by atoms with Gasteiger partial charge in [0, 0.05) is 48.1 Å². The normalized spacial score (nSPS) is 18.3. The molecule has 39 heavy (non-hydrogen) atoms. The first-order chi connectivity index (χ1) is 18.5. The van der Waals surface area contributed by atoms with Crippen LogP contribution in [-0.4, -0.2) is 79.6 Å². The Morgan fingerprint density at radius 1 is 1.28 bits per heavy atom. The molecular formula is C26H32FIN6O4S. The van der Waals surface area contributed by atoms with Gasteiger partial charge in [-0.2, -0.15) is 4.31 Å². The standard InChI is InChI=1S/C26H32FIN6O4S/c1-29-25(35)26(9-6-10-34(15-26)39(4,36)37)33(2)14-18-11-19-21(12-22(18)38-3)30-16-31-24(19)32-20-8-5-7-17(13-28)23(20)27/h5,7-8,11-12,16H,6,9-10,13-15H2,1-4H3,(H,29,35)(H,30,31,32). The Morgan fingerprint density at radius 3 is 2.72 bits per heavy atom. The molecular weight excluding hydrogens is 638 g/mol. The van der Waals surface area contributed by atoms with Crippen LogP contribution in [0.25, 0.3) is 10.9 Å². The quantitative estimate of drug-likeness (QED) is 0.263. The molecule has 2 N–H and O–H groups in total. The van der Waals surface area contributed by atoms with E-state index in [2.05, 4.69) is 43.2 Å². The van der Waals surface area contributed by atoms with Gasteiger partial charge < -0.3 is 15.4 Å². The molecule has 1 amide bonds. The summed E-state index contributed by atoms with van der Waals surface area (Å²) in [5, 5.41) is 6.48. The van der Waals surface area contributed by atoms with Crippen LogP contribution < -0.4 is 15.4 Å². The Bertz CT molecular complexity index is 1490. The van der Waals surface area contributed by atoms with Crippen molar-refractivity contribution in [1.29, 1.82) is 0 Å². The Hall–Kier alpha value is -2.62. The number of carbonyl (C=O) groups is 1. The first-order valence-electron chi connectivity index (χ1n) is 12.3. The number of hydrogen-bond acceptors (Lipinski definition) is 8. The molecule has 1 aliphatic rings. The fourth-order valence-corrected chi connectivity index (χ4v) is 6.54. The maximum atomic E-state index is 15.0. The van der Waals surface area contributed by atoms with Crippen molar-refractivity contribution in [3.05, 3.63) is 53.6 Å². The van der Waals surface area contributed by atoms with Crippen LogP contribution in [0.2, 0.25) is 0 Å². The molecule has 1 aromatic heterocycles. The summed E-state index contributed by atoms with van der Waals surface area (Å²) >= 11 is 2.12. The summed E-state index contributed by atoms with van der Waals surface area (Å²) in [7, 11) is 1.42. The first-order valence-corrected chi connectivity index (χ1v) is 15.7. The van der Waals surface area contributed by atoms with Gasteiger partial charge in [0.05, 0.1) is 24.6 Å². The van der Waals surface area contributed by atoms with Gasteiger partial charge in [0.2, 0.25) is 15.9 Å². The summed E-state index contributed by atoms with van der Waals surface area (Å²) in [6.45, 7) is 0.684. The minimum atomic E-state index is -3.48. The average molecular weight is 671 g/mol. The molecule has 2 aromatic carbocycles. The van der Waals surface area contributed by atoms with Gasteiger partial charge in [0.15, 0.2) is 5.82 Å². The molecule has 4 rings (SSSR count). The number of likely N-dealkylation sites (N-methyl/N-ethyl adjacent to an activating group) is 2. The number of sulfonamides is 1. The number of piperidine rings is 1. The number of benzene rings is 2. The van der Waals surface area contributed by atoms with E-state index >= 15 is 0 Å². The maximum absolute atomic E-state index is 15.0. The molecule has 0 saturated carbocycles. The number of nitrogens with one attached hydrogen (secondary N) is 2. The molecule has 1 saturated heterocycles. The molecule has 1 atom stereocenters. The lowest BCUT2D eigenvalue weighted by Gasteiger charge is -2.46. The highest BCUT2D eigenvalue weighted by molar-refractivity contribution is 14.1. The molecule has 0 radical (unpaired) electrons. The van der Waals surface area contributed by atoms with Crippen LogP contribution >= 0.6 is 22.6 Å². The van der Waals surface area contributed by atoms with Crippen molar-refractivity contribution in [3.8, 4) is 5.75 Å². The Balaban J connectivity index is 1.74. The molecule has 0 spiro atoms. The second-order valence-electron chi connectivity index (χ2n) is 9.61. The molecule has 1 unspecified atom stereocenters. The van der Waals surface area contributed by atoms with Crippen molar-refractivity contribution in [2.45, 2.75) is 29.4 Å². The Labute approximate surface area is 241 Å². The molecule has 13 heteroatoms. The van der Waals surface area contributed by atoms with E-state index in [-0.39, 0.29) is 24.8 Å². The van der Waals surface area contributed by atoms with E-state index in [1.54, 1.807) is 45.5 Å². The number of amides is 1. The number of fused-ring (bicyclic) bond motifs is 1. The van der Waals surface area contributed by atoms with Crippen LogP contribution in [0.15, 0.2) is 36.7 Å². The van der Waals surface area contributed by atoms with Crippen LogP contribution in [0.1, 0.15) is 24.0 Å². The lowest BCUT2D eigenvalue weighted by atomic mass is 9.87. The summed E-state index contributed by atoms with van der Waals surface area (Å²) in [4.78, 5) is 23.8. The third-order valence-electron chi connectivity index (χ3n) is 7.21. The highest BCUT2D eigenvalue weighted by Gasteiger charge is 2.47. The lowest BCUT2D eigenvalue weighted by molar-refractivity contribution is -0.135. The van der Waals surface area contributed by atoms with Gasteiger partial charge in [-0.3, -0.25) is 9.69 Å². The molecule has 3 aromatic rings. The zero-order valence-corrected chi connectivity index (χ0v) is 25.3. The number of aromatic nitrogens is 2. The predicted molar refractivity (Wildman–Crippen MR) is 157 cm³/mol. The van der Waals surface area contributed by atoms with E-state index in [9.17, 15) is 17.6 Å². The summed E-state index contributed by atoms with van der Waals surface area (Å²) in [5.41, 5.74) is 1.15. The summed E-state index contributed by atoms with van der Waals surface area (Å²) < 4.78 is 47.3. The van der Waals surface area contributed by atoms with Crippen molar-refractivity contribution in [2.75, 3.05) is 45.9 Å². The molecule has 10 nitrogen and oxygen atoms in total. The Kier molecular flexibility index (Phi) is 8.93. The smallest absolute Gasteiger partial charge is 0.241 e. The summed E-state index contributed by atoms with van der Waals surface area (Å²) in [6.07, 6.45) is 3.60. The van der Waals surface area contributed by atoms with Crippen molar-refractivity contribution >= 4 is 60.9 Å². The fourth-order valence-electron chi connectivity index (χ4n) is 5.04. The van der Waals surface area contributed by atoms with E-state index < -0.39 is 15.6 Å². The third kappa shape index (κ3) is 5.95. The van der Waals surface area contributed by atoms with Crippen LogP contribution in [0.4, 0.5) is 15.9 Å². The molecule has 0 bridgehead atoms. The number of methoxy groups -OCH3 is 1. The van der Waals surface area contributed by atoms with Crippen molar-refractivity contribution < 1.29 is 22.3 Å². The SMILES string of the molecule is CNC(=O)C1(N(C)Cc2cc3c(Nc4cccc(CI)c4F)ncnc3cc2OC)CCCN(S(C)(=O)=O)C1. The Morgan fingerprint density at radius 2 is 2.05 bits per heavy atom. The van der Waals surface area contributed by atoms with Crippen molar-refractivity contribution in [1.82, 2.24) is 24.5 Å². The van der Waals surface area contributed by atoms with E-state index in [1.165, 1.54) is 10.6 Å². The van der Waals surface area contributed by atoms with Gasteiger partial charge in [-0.25, -0.2) is 22.8 Å². The molecule has 0 aliphatic carbocycles. The van der Waals surface area contributed by atoms with Crippen LogP contribution in [0, 0.1) is 5.82 Å². The first kappa shape index (κ1) is 29.4. The van der Waals surface area contributed by atoms with Crippen molar-refractivity contribution in [2.24, 2.45) is 0 Å². The monoisotopic (exact) mass is 670 g/mol. The zero-order chi connectivity index (χ0) is 28.4. The molecule has 1 fully saturated rings. The number of rotatable bonds is 9. The van der Waals surface area contributed by atoms with Crippen LogP contribution in [0.3, 0.4) is 0 Å². The largest absolute Gasteiger partial charge is 0.496 e.